The van der Waals surface area contributed by atoms with Crippen molar-refractivity contribution in [3.05, 3.63) is 28.0 Å². The van der Waals surface area contributed by atoms with Crippen LogP contribution in [0.3, 0.4) is 0 Å². The zero-order valence-electron chi connectivity index (χ0n) is 10.2. The maximum absolute atomic E-state index is 13.3. The van der Waals surface area contributed by atoms with Crippen LogP contribution in [-0.4, -0.2) is 12.9 Å². The number of hydrogen-bond donors (Lipinski definition) is 0. The summed E-state index contributed by atoms with van der Waals surface area (Å²) in [6.45, 7) is 3.94. The fourth-order valence-electron chi connectivity index (χ4n) is 1.77. The summed E-state index contributed by atoms with van der Waals surface area (Å²) in [7, 11) is 1.44. The third-order valence-electron chi connectivity index (χ3n) is 2.86. The molecule has 0 radical (unpaired) electrons. The second-order valence-corrected chi connectivity index (χ2v) is 4.70. The van der Waals surface area contributed by atoms with Crippen molar-refractivity contribution in [2.45, 2.75) is 26.7 Å². The molecule has 1 aromatic rings. The first-order chi connectivity index (χ1) is 8.04. The van der Waals surface area contributed by atoms with Crippen LogP contribution in [0.25, 0.3) is 0 Å². The highest BCUT2D eigenvalue weighted by Gasteiger charge is 2.21. The molecular weight excluding hydrogens is 287 g/mol. The Morgan fingerprint density at radius 2 is 2.00 bits per heavy atom. The average molecular weight is 303 g/mol. The van der Waals surface area contributed by atoms with E-state index in [9.17, 15) is 9.18 Å². The van der Waals surface area contributed by atoms with Crippen LogP contribution in [0.1, 0.15) is 37.0 Å². The summed E-state index contributed by atoms with van der Waals surface area (Å²) in [5.41, 5.74) is 0.439. The van der Waals surface area contributed by atoms with Gasteiger partial charge in [0, 0.05) is 12.0 Å². The lowest BCUT2D eigenvalue weighted by Gasteiger charge is -2.14. The highest BCUT2D eigenvalue weighted by Crippen LogP contribution is 2.29. The molecule has 0 aromatic heterocycles. The molecule has 0 aliphatic heterocycles. The molecule has 0 amide bonds. The number of rotatable bonds is 5. The summed E-state index contributed by atoms with van der Waals surface area (Å²) >= 11 is 3.09. The van der Waals surface area contributed by atoms with Gasteiger partial charge in [-0.15, -0.1) is 0 Å². The number of Topliss-reactive ketones (excluding diaryl/α,β-unsaturated/α-hetero) is 1. The molecule has 0 saturated heterocycles. The van der Waals surface area contributed by atoms with Gasteiger partial charge in [-0.05, 0) is 34.8 Å². The van der Waals surface area contributed by atoms with Crippen molar-refractivity contribution in [3.63, 3.8) is 0 Å². The molecule has 1 rings (SSSR count). The largest absolute Gasteiger partial charge is 0.496 e. The van der Waals surface area contributed by atoms with E-state index in [1.807, 2.05) is 13.8 Å². The number of ketones is 1. The molecule has 17 heavy (non-hydrogen) atoms. The van der Waals surface area contributed by atoms with Gasteiger partial charge in [-0.25, -0.2) is 4.39 Å². The van der Waals surface area contributed by atoms with Gasteiger partial charge in [0.25, 0.3) is 0 Å². The third-order valence-corrected chi connectivity index (χ3v) is 3.47. The van der Waals surface area contributed by atoms with Crippen LogP contribution in [0.15, 0.2) is 16.6 Å². The maximum atomic E-state index is 13.3. The van der Waals surface area contributed by atoms with E-state index in [0.717, 1.165) is 12.8 Å². The molecule has 0 aliphatic rings. The summed E-state index contributed by atoms with van der Waals surface area (Å²) in [5, 5.41) is 0. The molecule has 0 saturated carbocycles. The number of carbonyl (C=O) groups is 1. The van der Waals surface area contributed by atoms with Crippen LogP contribution in [0, 0.1) is 11.7 Å². The van der Waals surface area contributed by atoms with Crippen LogP contribution in [0.5, 0.6) is 5.75 Å². The van der Waals surface area contributed by atoms with Crippen LogP contribution in [0.2, 0.25) is 0 Å². The predicted octanol–water partition coefficient (Wildman–Crippen LogP) is 4.22. The fraction of sp³-hybridized carbons (Fsp3) is 0.462. The predicted molar refractivity (Wildman–Crippen MR) is 69.1 cm³/mol. The summed E-state index contributed by atoms with van der Waals surface area (Å²) in [5.74, 6) is -0.167. The topological polar surface area (TPSA) is 26.3 Å². The van der Waals surface area contributed by atoms with Crippen LogP contribution in [-0.2, 0) is 0 Å². The molecule has 0 fully saturated rings. The van der Waals surface area contributed by atoms with Crippen LogP contribution < -0.4 is 4.74 Å². The molecule has 94 valence electrons. The van der Waals surface area contributed by atoms with E-state index in [1.54, 1.807) is 0 Å². The molecule has 0 unspecified atom stereocenters. The number of carbonyl (C=O) groups excluding carboxylic acids is 1. The van der Waals surface area contributed by atoms with Gasteiger partial charge in [0.2, 0.25) is 0 Å². The van der Waals surface area contributed by atoms with E-state index in [2.05, 4.69) is 15.9 Å². The highest BCUT2D eigenvalue weighted by atomic mass is 79.9. The molecule has 2 nitrogen and oxygen atoms in total. The van der Waals surface area contributed by atoms with Gasteiger partial charge in [-0.3, -0.25) is 4.79 Å². The first-order valence-corrected chi connectivity index (χ1v) is 6.41. The Kier molecular flexibility index (Phi) is 5.12. The van der Waals surface area contributed by atoms with Gasteiger partial charge in [-0.1, -0.05) is 13.8 Å². The van der Waals surface area contributed by atoms with E-state index >= 15 is 0 Å². The van der Waals surface area contributed by atoms with Gasteiger partial charge in [0.05, 0.1) is 17.1 Å². The normalized spacial score (nSPS) is 10.7. The Hall–Kier alpha value is -0.900. The average Bonchev–Trinajstić information content (AvgIpc) is 2.33. The van der Waals surface area contributed by atoms with Crippen molar-refractivity contribution in [3.8, 4) is 5.75 Å². The van der Waals surface area contributed by atoms with Crippen LogP contribution >= 0.6 is 15.9 Å². The van der Waals surface area contributed by atoms with E-state index in [1.165, 1.54) is 19.2 Å². The lowest BCUT2D eigenvalue weighted by atomic mass is 9.92. The standard InChI is InChI=1S/C13H16BrFO2/c1-4-8(5-2)13(16)9-6-10(14)11(15)7-12(9)17-3/h6-8H,4-5H2,1-3H3. The third kappa shape index (κ3) is 3.06. The monoisotopic (exact) mass is 302 g/mol. The Balaban J connectivity index is 3.20. The van der Waals surface area contributed by atoms with Crippen molar-refractivity contribution in [2.24, 2.45) is 5.92 Å². The summed E-state index contributed by atoms with van der Waals surface area (Å²) < 4.78 is 18.7. The first kappa shape index (κ1) is 14.2. The first-order valence-electron chi connectivity index (χ1n) is 5.62. The number of methoxy groups -OCH3 is 1. The Morgan fingerprint density at radius 1 is 1.41 bits per heavy atom. The van der Waals surface area contributed by atoms with Crippen molar-refractivity contribution in [1.82, 2.24) is 0 Å². The summed E-state index contributed by atoms with van der Waals surface area (Å²) in [6.07, 6.45) is 1.54. The fourth-order valence-corrected chi connectivity index (χ4v) is 2.11. The molecule has 0 spiro atoms. The summed E-state index contributed by atoms with van der Waals surface area (Å²) in [6, 6.07) is 2.73. The Bertz CT molecular complexity index is 414. The second kappa shape index (κ2) is 6.15. The molecule has 0 bridgehead atoms. The second-order valence-electron chi connectivity index (χ2n) is 3.84. The van der Waals surface area contributed by atoms with E-state index in [-0.39, 0.29) is 16.2 Å². The smallest absolute Gasteiger partial charge is 0.169 e. The van der Waals surface area contributed by atoms with E-state index in [4.69, 9.17) is 4.74 Å². The molecule has 0 heterocycles. The van der Waals surface area contributed by atoms with Gasteiger partial charge in [0.1, 0.15) is 11.6 Å². The molecular formula is C13H16BrFO2. The number of hydrogen-bond acceptors (Lipinski definition) is 2. The zero-order valence-corrected chi connectivity index (χ0v) is 11.8. The molecule has 0 aliphatic carbocycles. The number of ether oxygens (including phenoxy) is 1. The summed E-state index contributed by atoms with van der Waals surface area (Å²) in [4.78, 5) is 12.2. The molecule has 4 heteroatoms. The highest BCUT2D eigenvalue weighted by molar-refractivity contribution is 9.10. The molecule has 0 N–H and O–H groups in total. The molecule has 0 atom stereocenters. The van der Waals surface area contributed by atoms with Gasteiger partial charge >= 0.3 is 0 Å². The quantitative estimate of drug-likeness (QED) is 0.761. The van der Waals surface area contributed by atoms with Crippen molar-refractivity contribution in [2.75, 3.05) is 7.11 Å². The lowest BCUT2D eigenvalue weighted by Crippen LogP contribution is -2.14. The van der Waals surface area contributed by atoms with E-state index in [0.29, 0.717) is 11.3 Å². The van der Waals surface area contributed by atoms with E-state index < -0.39 is 5.82 Å². The van der Waals surface area contributed by atoms with Crippen molar-refractivity contribution < 1.29 is 13.9 Å². The minimum atomic E-state index is -0.428. The SMILES string of the molecule is CCC(CC)C(=O)c1cc(Br)c(F)cc1OC. The Labute approximate surface area is 109 Å². The van der Waals surface area contributed by atoms with Gasteiger partial charge in [-0.2, -0.15) is 0 Å². The Morgan fingerprint density at radius 3 is 2.47 bits per heavy atom. The number of benzene rings is 1. The zero-order chi connectivity index (χ0) is 13.0. The number of halogens is 2. The maximum Gasteiger partial charge on any atom is 0.169 e. The minimum Gasteiger partial charge on any atom is -0.496 e. The van der Waals surface area contributed by atoms with Gasteiger partial charge < -0.3 is 4.74 Å². The van der Waals surface area contributed by atoms with Gasteiger partial charge in [0.15, 0.2) is 5.78 Å². The minimum absolute atomic E-state index is 0.00699. The van der Waals surface area contributed by atoms with Crippen molar-refractivity contribution >= 4 is 21.7 Å². The van der Waals surface area contributed by atoms with Crippen molar-refractivity contribution in [1.29, 1.82) is 0 Å². The lowest BCUT2D eigenvalue weighted by molar-refractivity contribution is 0.0910. The van der Waals surface area contributed by atoms with Crippen LogP contribution in [0.4, 0.5) is 4.39 Å². The molecule has 1 aromatic carbocycles.